The molecular weight excluding hydrogens is 204 g/mol. The van der Waals surface area contributed by atoms with Crippen LogP contribution in [0.5, 0.6) is 0 Å². The van der Waals surface area contributed by atoms with Gasteiger partial charge in [-0.2, -0.15) is 0 Å². The Balaban J connectivity index is 2.90. The van der Waals surface area contributed by atoms with Crippen molar-refractivity contribution in [2.24, 2.45) is 0 Å². The third-order valence-electron chi connectivity index (χ3n) is 2.59. The molecule has 1 rings (SSSR count). The number of carbonyl (C=O) groups is 1. The maximum Gasteiger partial charge on any atom is 0.305 e. The Bertz CT molecular complexity index is 340. The largest absolute Gasteiger partial charge is 0.481 e. The maximum atomic E-state index is 10.9. The Morgan fingerprint density at radius 1 is 1.50 bits per heavy atom. The third kappa shape index (κ3) is 3.31. The number of carboxylic acid groups (broad SMARTS) is 1. The van der Waals surface area contributed by atoms with Crippen LogP contribution in [0.4, 0.5) is 0 Å². The molecule has 1 aromatic rings. The fourth-order valence-electron chi connectivity index (χ4n) is 1.69. The smallest absolute Gasteiger partial charge is 0.305 e. The summed E-state index contributed by atoms with van der Waals surface area (Å²) in [6.45, 7) is 4.76. The first-order chi connectivity index (χ1) is 7.58. The summed E-state index contributed by atoms with van der Waals surface area (Å²) < 4.78 is 0. The summed E-state index contributed by atoms with van der Waals surface area (Å²) in [5, 5.41) is 12.2. The number of nitrogens with zero attached hydrogens (tertiary/aromatic N) is 1. The van der Waals surface area contributed by atoms with Gasteiger partial charge in [0.25, 0.3) is 0 Å². The zero-order valence-electron chi connectivity index (χ0n) is 9.73. The van der Waals surface area contributed by atoms with Crippen LogP contribution >= 0.6 is 0 Å². The zero-order chi connectivity index (χ0) is 12.0. The molecule has 0 aliphatic rings. The minimum absolute atomic E-state index is 0.0665. The summed E-state index contributed by atoms with van der Waals surface area (Å²) in [4.78, 5) is 14.8. The lowest BCUT2D eigenvalue weighted by Gasteiger charge is -2.29. The van der Waals surface area contributed by atoms with Gasteiger partial charge in [0.15, 0.2) is 0 Å². The van der Waals surface area contributed by atoms with Crippen molar-refractivity contribution in [3.8, 4) is 0 Å². The van der Waals surface area contributed by atoms with E-state index in [9.17, 15) is 4.79 Å². The number of carboxylic acids is 1. The normalized spacial score (nSPS) is 14.4. The standard InChI is InChI=1S/C12H18N2O2/c1-3-6-14-12(2,9-11(15)16)10-4-7-13-8-5-10/h4-5,7-8,14H,3,6,9H2,1-2H3,(H,15,16). The molecule has 0 aliphatic heterocycles. The summed E-state index contributed by atoms with van der Waals surface area (Å²) >= 11 is 0. The first kappa shape index (κ1) is 12.6. The molecule has 0 amide bonds. The van der Waals surface area contributed by atoms with Gasteiger partial charge in [0.2, 0.25) is 0 Å². The molecule has 0 aromatic carbocycles. The molecule has 0 spiro atoms. The molecule has 2 N–H and O–H groups in total. The van der Waals surface area contributed by atoms with Crippen molar-refractivity contribution in [3.05, 3.63) is 30.1 Å². The quantitative estimate of drug-likeness (QED) is 0.770. The number of pyridine rings is 1. The maximum absolute atomic E-state index is 10.9. The fourth-order valence-corrected chi connectivity index (χ4v) is 1.69. The highest BCUT2D eigenvalue weighted by atomic mass is 16.4. The van der Waals surface area contributed by atoms with Crippen molar-refractivity contribution >= 4 is 5.97 Å². The van der Waals surface area contributed by atoms with E-state index in [1.807, 2.05) is 19.1 Å². The third-order valence-corrected chi connectivity index (χ3v) is 2.59. The fraction of sp³-hybridized carbons (Fsp3) is 0.500. The number of hydrogen-bond acceptors (Lipinski definition) is 3. The van der Waals surface area contributed by atoms with Gasteiger partial charge in [0, 0.05) is 12.4 Å². The van der Waals surface area contributed by atoms with Gasteiger partial charge in [-0.1, -0.05) is 6.92 Å². The molecule has 0 saturated heterocycles. The Morgan fingerprint density at radius 3 is 2.62 bits per heavy atom. The Kier molecular flexibility index (Phi) is 4.43. The first-order valence-corrected chi connectivity index (χ1v) is 5.46. The van der Waals surface area contributed by atoms with Crippen LogP contribution in [0.1, 0.15) is 32.3 Å². The van der Waals surface area contributed by atoms with Crippen molar-refractivity contribution in [3.63, 3.8) is 0 Å². The molecule has 0 saturated carbocycles. The summed E-state index contributed by atoms with van der Waals surface area (Å²) in [5.74, 6) is -0.803. The van der Waals surface area contributed by atoms with Gasteiger partial charge < -0.3 is 10.4 Å². The van der Waals surface area contributed by atoms with Gasteiger partial charge in [-0.15, -0.1) is 0 Å². The van der Waals surface area contributed by atoms with Crippen LogP contribution in [-0.4, -0.2) is 22.6 Å². The Labute approximate surface area is 95.7 Å². The van der Waals surface area contributed by atoms with Crippen molar-refractivity contribution < 1.29 is 9.90 Å². The summed E-state index contributed by atoms with van der Waals surface area (Å²) in [5.41, 5.74) is 0.434. The average molecular weight is 222 g/mol. The van der Waals surface area contributed by atoms with Crippen LogP contribution in [0.3, 0.4) is 0 Å². The predicted octanol–water partition coefficient (Wildman–Crippen LogP) is 1.77. The topological polar surface area (TPSA) is 62.2 Å². The van der Waals surface area contributed by atoms with Gasteiger partial charge in [-0.05, 0) is 37.6 Å². The lowest BCUT2D eigenvalue weighted by atomic mass is 9.89. The number of nitrogens with one attached hydrogen (secondary N) is 1. The van der Waals surface area contributed by atoms with E-state index in [0.717, 1.165) is 18.5 Å². The minimum Gasteiger partial charge on any atom is -0.481 e. The summed E-state index contributed by atoms with van der Waals surface area (Å²) in [7, 11) is 0. The van der Waals surface area contributed by atoms with Crippen LogP contribution < -0.4 is 5.32 Å². The van der Waals surface area contributed by atoms with E-state index in [0.29, 0.717) is 0 Å². The van der Waals surface area contributed by atoms with Gasteiger partial charge in [-0.25, -0.2) is 0 Å². The lowest BCUT2D eigenvalue weighted by Crippen LogP contribution is -2.41. The molecule has 1 heterocycles. The number of aliphatic carboxylic acids is 1. The van der Waals surface area contributed by atoms with Crippen molar-refractivity contribution in [2.45, 2.75) is 32.2 Å². The molecule has 0 bridgehead atoms. The highest BCUT2D eigenvalue weighted by molar-refractivity contribution is 5.68. The minimum atomic E-state index is -0.803. The average Bonchev–Trinajstić information content (AvgIpc) is 2.27. The van der Waals surface area contributed by atoms with E-state index in [2.05, 4.69) is 17.2 Å². The summed E-state index contributed by atoms with van der Waals surface area (Å²) in [6, 6.07) is 3.71. The van der Waals surface area contributed by atoms with Crippen LogP contribution in [0.25, 0.3) is 0 Å². The molecule has 1 atom stereocenters. The zero-order valence-corrected chi connectivity index (χ0v) is 9.73. The van der Waals surface area contributed by atoms with Gasteiger partial charge in [0.05, 0.1) is 12.0 Å². The second-order valence-electron chi connectivity index (χ2n) is 4.07. The molecule has 0 radical (unpaired) electrons. The lowest BCUT2D eigenvalue weighted by molar-refractivity contribution is -0.138. The number of rotatable bonds is 6. The van der Waals surface area contributed by atoms with Gasteiger partial charge >= 0.3 is 5.97 Å². The number of aromatic nitrogens is 1. The van der Waals surface area contributed by atoms with Gasteiger partial charge in [-0.3, -0.25) is 9.78 Å². The monoisotopic (exact) mass is 222 g/mol. The Morgan fingerprint density at radius 2 is 2.12 bits per heavy atom. The van der Waals surface area contributed by atoms with E-state index >= 15 is 0 Å². The molecule has 1 unspecified atom stereocenters. The molecular formula is C12H18N2O2. The second kappa shape index (κ2) is 5.61. The van der Waals surface area contributed by atoms with E-state index < -0.39 is 11.5 Å². The molecule has 4 nitrogen and oxygen atoms in total. The van der Waals surface area contributed by atoms with E-state index in [1.165, 1.54) is 0 Å². The molecule has 16 heavy (non-hydrogen) atoms. The van der Waals surface area contributed by atoms with E-state index in [4.69, 9.17) is 5.11 Å². The van der Waals surface area contributed by atoms with E-state index in [1.54, 1.807) is 12.4 Å². The van der Waals surface area contributed by atoms with Crippen LogP contribution in [0.2, 0.25) is 0 Å². The van der Waals surface area contributed by atoms with Crippen LogP contribution in [0.15, 0.2) is 24.5 Å². The molecule has 0 fully saturated rings. The van der Waals surface area contributed by atoms with Crippen LogP contribution in [-0.2, 0) is 10.3 Å². The number of hydrogen-bond donors (Lipinski definition) is 2. The van der Waals surface area contributed by atoms with Crippen LogP contribution in [0, 0.1) is 0 Å². The Hall–Kier alpha value is -1.42. The van der Waals surface area contributed by atoms with Crippen molar-refractivity contribution in [1.82, 2.24) is 10.3 Å². The molecule has 1 aromatic heterocycles. The molecule has 88 valence electrons. The van der Waals surface area contributed by atoms with Crippen molar-refractivity contribution in [2.75, 3.05) is 6.54 Å². The highest BCUT2D eigenvalue weighted by Crippen LogP contribution is 2.23. The van der Waals surface area contributed by atoms with Gasteiger partial charge in [0.1, 0.15) is 0 Å². The highest BCUT2D eigenvalue weighted by Gasteiger charge is 2.28. The SMILES string of the molecule is CCCNC(C)(CC(=O)O)c1ccncc1. The van der Waals surface area contributed by atoms with E-state index in [-0.39, 0.29) is 6.42 Å². The van der Waals surface area contributed by atoms with Crippen molar-refractivity contribution in [1.29, 1.82) is 0 Å². The summed E-state index contributed by atoms with van der Waals surface area (Å²) in [6.07, 6.45) is 4.41. The molecule has 4 heteroatoms. The molecule has 0 aliphatic carbocycles. The second-order valence-corrected chi connectivity index (χ2v) is 4.07. The predicted molar refractivity (Wildman–Crippen MR) is 62.1 cm³/mol. The first-order valence-electron chi connectivity index (χ1n) is 5.46.